The first kappa shape index (κ1) is 11.9. The zero-order valence-corrected chi connectivity index (χ0v) is 9.93. The SMILES string of the molecule is Cc1ccc([N+](=O)[O-])c(N2CCC[C@@H](N)C2)c1. The third-order valence-corrected chi connectivity index (χ3v) is 3.13. The molecule has 0 bridgehead atoms. The predicted octanol–water partition coefficient (Wildman–Crippen LogP) is 1.83. The van der Waals surface area contributed by atoms with Crippen LogP contribution in [0.4, 0.5) is 11.4 Å². The Bertz CT molecular complexity index is 434. The zero-order chi connectivity index (χ0) is 12.4. The number of nitrogens with two attached hydrogens (primary N) is 1. The lowest BCUT2D eigenvalue weighted by Gasteiger charge is -2.32. The van der Waals surface area contributed by atoms with Crippen molar-refractivity contribution in [3.05, 3.63) is 33.9 Å². The summed E-state index contributed by atoms with van der Waals surface area (Å²) in [6.45, 7) is 3.49. The van der Waals surface area contributed by atoms with Crippen LogP contribution < -0.4 is 10.6 Å². The number of hydrogen-bond acceptors (Lipinski definition) is 4. The van der Waals surface area contributed by atoms with Gasteiger partial charge in [-0.15, -0.1) is 0 Å². The Labute approximate surface area is 100 Å². The number of aryl methyl sites for hydroxylation is 1. The van der Waals surface area contributed by atoms with Gasteiger partial charge in [-0.1, -0.05) is 6.07 Å². The van der Waals surface area contributed by atoms with Crippen LogP contribution in [0, 0.1) is 17.0 Å². The summed E-state index contributed by atoms with van der Waals surface area (Å²) >= 11 is 0. The van der Waals surface area contributed by atoms with Gasteiger partial charge in [0.15, 0.2) is 0 Å². The molecule has 17 heavy (non-hydrogen) atoms. The highest BCUT2D eigenvalue weighted by atomic mass is 16.6. The van der Waals surface area contributed by atoms with Gasteiger partial charge in [-0.2, -0.15) is 0 Å². The van der Waals surface area contributed by atoms with E-state index in [4.69, 9.17) is 5.73 Å². The number of piperidine rings is 1. The maximum atomic E-state index is 11.0. The monoisotopic (exact) mass is 235 g/mol. The van der Waals surface area contributed by atoms with Crippen LogP contribution in [-0.2, 0) is 0 Å². The molecule has 1 saturated heterocycles. The van der Waals surface area contributed by atoms with E-state index in [0.717, 1.165) is 24.9 Å². The lowest BCUT2D eigenvalue weighted by Crippen LogP contribution is -2.43. The molecular formula is C12H17N3O2. The van der Waals surface area contributed by atoms with Crippen LogP contribution in [0.2, 0.25) is 0 Å². The van der Waals surface area contributed by atoms with Gasteiger partial charge in [0.25, 0.3) is 5.69 Å². The Morgan fingerprint density at radius 2 is 2.29 bits per heavy atom. The molecule has 0 radical (unpaired) electrons. The largest absolute Gasteiger partial charge is 0.364 e. The van der Waals surface area contributed by atoms with Crippen LogP contribution in [-0.4, -0.2) is 24.1 Å². The van der Waals surface area contributed by atoms with Crippen LogP contribution in [0.15, 0.2) is 18.2 Å². The van der Waals surface area contributed by atoms with Crippen LogP contribution >= 0.6 is 0 Å². The lowest BCUT2D eigenvalue weighted by atomic mass is 10.0. The molecule has 1 aromatic rings. The third kappa shape index (κ3) is 2.55. The van der Waals surface area contributed by atoms with Crippen molar-refractivity contribution in [3.63, 3.8) is 0 Å². The first-order valence-electron chi connectivity index (χ1n) is 5.83. The molecule has 0 aliphatic carbocycles. The molecule has 1 aliphatic heterocycles. The molecule has 0 amide bonds. The van der Waals surface area contributed by atoms with E-state index in [0.29, 0.717) is 12.2 Å². The zero-order valence-electron chi connectivity index (χ0n) is 9.93. The van der Waals surface area contributed by atoms with Gasteiger partial charge >= 0.3 is 0 Å². The molecule has 1 heterocycles. The second-order valence-corrected chi connectivity index (χ2v) is 4.60. The Morgan fingerprint density at radius 1 is 1.53 bits per heavy atom. The van der Waals surface area contributed by atoms with E-state index < -0.39 is 0 Å². The van der Waals surface area contributed by atoms with Crippen molar-refractivity contribution in [1.29, 1.82) is 0 Å². The van der Waals surface area contributed by atoms with E-state index in [-0.39, 0.29) is 16.7 Å². The summed E-state index contributed by atoms with van der Waals surface area (Å²) in [5.74, 6) is 0. The number of anilines is 1. The molecule has 0 saturated carbocycles. The van der Waals surface area contributed by atoms with Crippen molar-refractivity contribution < 1.29 is 4.92 Å². The number of benzene rings is 1. The average Bonchev–Trinajstić information content (AvgIpc) is 2.28. The Hall–Kier alpha value is -1.62. The third-order valence-electron chi connectivity index (χ3n) is 3.13. The Balaban J connectivity index is 2.35. The smallest absolute Gasteiger partial charge is 0.292 e. The number of nitro benzene ring substituents is 1. The maximum absolute atomic E-state index is 11.0. The van der Waals surface area contributed by atoms with E-state index in [1.807, 2.05) is 17.9 Å². The van der Waals surface area contributed by atoms with Gasteiger partial charge in [0, 0.05) is 25.2 Å². The normalized spacial score (nSPS) is 20.4. The number of hydrogen-bond donors (Lipinski definition) is 1. The fourth-order valence-electron chi connectivity index (χ4n) is 2.27. The van der Waals surface area contributed by atoms with Crippen LogP contribution in [0.5, 0.6) is 0 Å². The summed E-state index contributed by atoms with van der Waals surface area (Å²) in [6.07, 6.45) is 1.99. The van der Waals surface area contributed by atoms with Gasteiger partial charge in [0.1, 0.15) is 5.69 Å². The molecule has 1 aromatic carbocycles. The molecule has 0 spiro atoms. The minimum atomic E-state index is -0.325. The summed E-state index contributed by atoms with van der Waals surface area (Å²) in [6, 6.07) is 5.33. The second-order valence-electron chi connectivity index (χ2n) is 4.60. The summed E-state index contributed by atoms with van der Waals surface area (Å²) in [7, 11) is 0. The van der Waals surface area contributed by atoms with E-state index in [1.165, 1.54) is 0 Å². The standard InChI is InChI=1S/C12H17N3O2/c1-9-4-5-11(15(16)17)12(7-9)14-6-2-3-10(13)8-14/h4-5,7,10H,2-3,6,8,13H2,1H3/t10-/m1/s1. The van der Waals surface area contributed by atoms with Gasteiger partial charge in [-0.25, -0.2) is 0 Å². The minimum Gasteiger partial charge on any atom is -0.364 e. The minimum absolute atomic E-state index is 0.115. The quantitative estimate of drug-likeness (QED) is 0.627. The fourth-order valence-corrected chi connectivity index (χ4v) is 2.27. The van der Waals surface area contributed by atoms with E-state index >= 15 is 0 Å². The van der Waals surface area contributed by atoms with Gasteiger partial charge in [-0.3, -0.25) is 10.1 Å². The number of nitrogens with zero attached hydrogens (tertiary/aromatic N) is 2. The van der Waals surface area contributed by atoms with Crippen molar-refractivity contribution in [2.75, 3.05) is 18.0 Å². The molecule has 5 nitrogen and oxygen atoms in total. The molecular weight excluding hydrogens is 218 g/mol. The number of rotatable bonds is 2. The number of nitro groups is 1. The average molecular weight is 235 g/mol. The summed E-state index contributed by atoms with van der Waals surface area (Å²) in [5, 5.41) is 11.0. The van der Waals surface area contributed by atoms with Gasteiger partial charge in [0.2, 0.25) is 0 Å². The molecule has 1 fully saturated rings. The van der Waals surface area contributed by atoms with Crippen molar-refractivity contribution >= 4 is 11.4 Å². The molecule has 0 unspecified atom stereocenters. The van der Waals surface area contributed by atoms with Gasteiger partial charge < -0.3 is 10.6 Å². The Kier molecular flexibility index (Phi) is 3.28. The van der Waals surface area contributed by atoms with Crippen molar-refractivity contribution in [2.24, 2.45) is 5.73 Å². The first-order valence-corrected chi connectivity index (χ1v) is 5.83. The predicted molar refractivity (Wildman–Crippen MR) is 67.3 cm³/mol. The lowest BCUT2D eigenvalue weighted by molar-refractivity contribution is -0.384. The summed E-state index contributed by atoms with van der Waals surface area (Å²) < 4.78 is 0. The molecule has 1 aliphatic rings. The van der Waals surface area contributed by atoms with Crippen LogP contribution in [0.1, 0.15) is 18.4 Å². The van der Waals surface area contributed by atoms with Crippen molar-refractivity contribution in [3.8, 4) is 0 Å². The van der Waals surface area contributed by atoms with Crippen molar-refractivity contribution in [2.45, 2.75) is 25.8 Å². The first-order chi connectivity index (χ1) is 8.08. The second kappa shape index (κ2) is 4.71. The van der Waals surface area contributed by atoms with E-state index in [1.54, 1.807) is 12.1 Å². The summed E-state index contributed by atoms with van der Waals surface area (Å²) in [4.78, 5) is 12.7. The molecule has 5 heteroatoms. The fraction of sp³-hybridized carbons (Fsp3) is 0.500. The topological polar surface area (TPSA) is 72.4 Å². The molecule has 1 atom stereocenters. The summed E-state index contributed by atoms with van der Waals surface area (Å²) in [5.41, 5.74) is 7.82. The van der Waals surface area contributed by atoms with E-state index in [9.17, 15) is 10.1 Å². The molecule has 92 valence electrons. The Morgan fingerprint density at radius 3 is 2.94 bits per heavy atom. The highest BCUT2D eigenvalue weighted by Crippen LogP contribution is 2.30. The van der Waals surface area contributed by atoms with Crippen LogP contribution in [0.3, 0.4) is 0 Å². The molecule has 0 aromatic heterocycles. The molecule has 2 N–H and O–H groups in total. The highest BCUT2D eigenvalue weighted by Gasteiger charge is 2.23. The highest BCUT2D eigenvalue weighted by molar-refractivity contribution is 5.64. The van der Waals surface area contributed by atoms with Gasteiger partial charge in [0.05, 0.1) is 4.92 Å². The van der Waals surface area contributed by atoms with Crippen LogP contribution in [0.25, 0.3) is 0 Å². The van der Waals surface area contributed by atoms with Crippen molar-refractivity contribution in [1.82, 2.24) is 0 Å². The maximum Gasteiger partial charge on any atom is 0.292 e. The van der Waals surface area contributed by atoms with Gasteiger partial charge in [-0.05, 0) is 31.4 Å². The van der Waals surface area contributed by atoms with E-state index in [2.05, 4.69) is 0 Å². The molecule has 2 rings (SSSR count).